The van der Waals surface area contributed by atoms with Gasteiger partial charge in [0.1, 0.15) is 13.2 Å². The van der Waals surface area contributed by atoms with Crippen molar-refractivity contribution in [3.8, 4) is 0 Å². The zero-order chi connectivity index (χ0) is 14.2. The Hall–Kier alpha value is -0.140. The summed E-state index contributed by atoms with van der Waals surface area (Å²) in [4.78, 5) is 0. The molecule has 0 aliphatic heterocycles. The van der Waals surface area contributed by atoms with Crippen LogP contribution in [0.25, 0.3) is 0 Å². The van der Waals surface area contributed by atoms with Crippen molar-refractivity contribution in [3.05, 3.63) is 0 Å². The fraction of sp³-hybridized carbons (Fsp3) is 1.00. The first-order valence-corrected chi connectivity index (χ1v) is 7.27. The Morgan fingerprint density at radius 1 is 0.684 bits per heavy atom. The lowest BCUT2D eigenvalue weighted by Crippen LogP contribution is -2.08. The van der Waals surface area contributed by atoms with Crippen LogP contribution < -0.4 is 0 Å². The Kier molecular flexibility index (Phi) is 15.8. The highest BCUT2D eigenvalue weighted by Crippen LogP contribution is 2.27. The minimum atomic E-state index is -1.20. The lowest BCUT2D eigenvalue weighted by atomic mass is 10.7. The van der Waals surface area contributed by atoms with Crippen molar-refractivity contribution >= 4 is 8.17 Å². The molecule has 7 nitrogen and oxygen atoms in total. The standard InChI is InChI=1S/C11H25NO6P/c1-12-19(17-10-8-15-6-4-13-2)18-11-9-16-7-5-14-3/h4-11H2,1-3H3/q+1. The van der Waals surface area contributed by atoms with E-state index >= 15 is 0 Å². The van der Waals surface area contributed by atoms with Gasteiger partial charge in [0.05, 0.1) is 46.7 Å². The van der Waals surface area contributed by atoms with Gasteiger partial charge in [-0.25, -0.2) is 0 Å². The minimum absolute atomic E-state index is 0.456. The summed E-state index contributed by atoms with van der Waals surface area (Å²) >= 11 is 0. The summed E-state index contributed by atoms with van der Waals surface area (Å²) in [7, 11) is 3.74. The smallest absolute Gasteiger partial charge is 0.382 e. The van der Waals surface area contributed by atoms with Gasteiger partial charge in [-0.15, -0.1) is 9.05 Å². The summed E-state index contributed by atoms with van der Waals surface area (Å²) in [5.41, 5.74) is 0. The molecule has 0 heterocycles. The number of hydrogen-bond acceptors (Lipinski definition) is 7. The zero-order valence-corrected chi connectivity index (χ0v) is 12.9. The first kappa shape index (κ1) is 18.9. The van der Waals surface area contributed by atoms with E-state index in [1.54, 1.807) is 21.3 Å². The zero-order valence-electron chi connectivity index (χ0n) is 12.0. The van der Waals surface area contributed by atoms with Crippen LogP contribution in [0.3, 0.4) is 0 Å². The third-order valence-corrected chi connectivity index (χ3v) is 3.02. The normalized spacial score (nSPS) is 10.7. The van der Waals surface area contributed by atoms with Crippen LogP contribution in [0, 0.1) is 0 Å². The van der Waals surface area contributed by atoms with Crippen LogP contribution in [0.2, 0.25) is 0 Å². The number of ether oxygens (including phenoxy) is 4. The van der Waals surface area contributed by atoms with Gasteiger partial charge in [0.2, 0.25) is 0 Å². The highest BCUT2D eigenvalue weighted by Gasteiger charge is 2.15. The van der Waals surface area contributed by atoms with Crippen LogP contribution in [0.15, 0.2) is 4.74 Å². The van der Waals surface area contributed by atoms with Crippen molar-refractivity contribution in [2.45, 2.75) is 0 Å². The number of methoxy groups -OCH3 is 2. The van der Waals surface area contributed by atoms with Gasteiger partial charge >= 0.3 is 8.17 Å². The largest absolute Gasteiger partial charge is 0.559 e. The molecule has 114 valence electrons. The Morgan fingerprint density at radius 3 is 1.47 bits per heavy atom. The predicted octanol–water partition coefficient (Wildman–Crippen LogP) is 1.47. The molecular weight excluding hydrogens is 273 g/mol. The van der Waals surface area contributed by atoms with Gasteiger partial charge in [-0.2, -0.15) is 0 Å². The molecule has 0 bridgehead atoms. The molecule has 0 saturated heterocycles. The van der Waals surface area contributed by atoms with Gasteiger partial charge in [-0.1, -0.05) is 4.74 Å². The van der Waals surface area contributed by atoms with Crippen molar-refractivity contribution in [3.63, 3.8) is 0 Å². The maximum absolute atomic E-state index is 5.43. The Balaban J connectivity index is 3.36. The molecule has 0 aromatic rings. The van der Waals surface area contributed by atoms with Gasteiger partial charge in [-0.05, 0) is 0 Å². The van der Waals surface area contributed by atoms with Gasteiger partial charge in [0.25, 0.3) is 0 Å². The molecule has 0 fully saturated rings. The fourth-order valence-electron chi connectivity index (χ4n) is 0.990. The lowest BCUT2D eigenvalue weighted by molar-refractivity contribution is 0.0464. The van der Waals surface area contributed by atoms with Crippen LogP contribution in [-0.4, -0.2) is 74.1 Å². The van der Waals surface area contributed by atoms with Crippen molar-refractivity contribution < 1.29 is 28.0 Å². The van der Waals surface area contributed by atoms with E-state index in [4.69, 9.17) is 28.0 Å². The summed E-state index contributed by atoms with van der Waals surface area (Å²) in [6.45, 7) is 4.22. The Labute approximate surface area is 116 Å². The first-order valence-electron chi connectivity index (χ1n) is 6.14. The van der Waals surface area contributed by atoms with Crippen molar-refractivity contribution in [2.75, 3.05) is 74.1 Å². The number of hydrogen-bond donors (Lipinski definition) is 0. The van der Waals surface area contributed by atoms with E-state index in [0.717, 1.165) is 0 Å². The molecule has 0 aromatic carbocycles. The first-order chi connectivity index (χ1) is 9.35. The third-order valence-electron chi connectivity index (χ3n) is 1.89. The monoisotopic (exact) mass is 298 g/mol. The molecular formula is C11H25NO6P+. The predicted molar refractivity (Wildman–Crippen MR) is 72.6 cm³/mol. The van der Waals surface area contributed by atoms with Crippen LogP contribution in [0.1, 0.15) is 0 Å². The van der Waals surface area contributed by atoms with Crippen molar-refractivity contribution in [2.24, 2.45) is 4.74 Å². The maximum atomic E-state index is 5.43. The lowest BCUT2D eigenvalue weighted by Gasteiger charge is -2.01. The second kappa shape index (κ2) is 15.9. The molecule has 0 atom stereocenters. The van der Waals surface area contributed by atoms with Gasteiger partial charge < -0.3 is 18.9 Å². The molecule has 0 amide bonds. The molecule has 0 N–H and O–H groups in total. The Morgan fingerprint density at radius 2 is 1.11 bits per heavy atom. The minimum Gasteiger partial charge on any atom is -0.382 e. The molecule has 0 saturated carbocycles. The van der Waals surface area contributed by atoms with E-state index in [1.165, 1.54) is 0 Å². The van der Waals surface area contributed by atoms with Gasteiger partial charge in [-0.3, -0.25) is 0 Å². The summed E-state index contributed by atoms with van der Waals surface area (Å²) < 4.78 is 35.1. The molecule has 19 heavy (non-hydrogen) atoms. The summed E-state index contributed by atoms with van der Waals surface area (Å²) in [5, 5.41) is 0. The molecule has 0 unspecified atom stereocenters. The molecule has 0 aliphatic carbocycles. The fourth-order valence-corrected chi connectivity index (χ4v) is 1.76. The highest BCUT2D eigenvalue weighted by molar-refractivity contribution is 7.36. The second-order valence-electron chi connectivity index (χ2n) is 3.31. The summed E-state index contributed by atoms with van der Waals surface area (Å²) in [5.74, 6) is 0. The topological polar surface area (TPSA) is 67.7 Å². The quantitative estimate of drug-likeness (QED) is 0.357. The van der Waals surface area contributed by atoms with Crippen LogP contribution in [0.4, 0.5) is 0 Å². The molecule has 0 aliphatic rings. The van der Waals surface area contributed by atoms with Crippen LogP contribution in [-0.2, 0) is 28.0 Å². The summed E-state index contributed by atoms with van der Waals surface area (Å²) in [6.07, 6.45) is 0. The van der Waals surface area contributed by atoms with Crippen molar-refractivity contribution in [1.29, 1.82) is 0 Å². The SMILES string of the molecule is CN=[P+](OCCOCCOC)OCCOCCOC. The number of rotatable bonds is 14. The van der Waals surface area contributed by atoms with Crippen LogP contribution >= 0.6 is 8.17 Å². The van der Waals surface area contributed by atoms with E-state index in [2.05, 4.69) is 4.74 Å². The van der Waals surface area contributed by atoms with Gasteiger partial charge in [0.15, 0.2) is 0 Å². The molecule has 0 rings (SSSR count). The van der Waals surface area contributed by atoms with Crippen molar-refractivity contribution in [1.82, 2.24) is 0 Å². The highest BCUT2D eigenvalue weighted by atomic mass is 31.1. The maximum Gasteiger partial charge on any atom is 0.559 e. The van der Waals surface area contributed by atoms with Crippen LogP contribution in [0.5, 0.6) is 0 Å². The average molecular weight is 298 g/mol. The second-order valence-corrected chi connectivity index (χ2v) is 4.71. The summed E-state index contributed by atoms with van der Waals surface area (Å²) in [6, 6.07) is 0. The van der Waals surface area contributed by atoms with E-state index in [1.807, 2.05) is 0 Å². The molecule has 0 spiro atoms. The van der Waals surface area contributed by atoms with E-state index in [0.29, 0.717) is 52.9 Å². The number of nitrogens with zero attached hydrogens (tertiary/aromatic N) is 1. The van der Waals surface area contributed by atoms with E-state index < -0.39 is 8.17 Å². The van der Waals surface area contributed by atoms with E-state index in [9.17, 15) is 0 Å². The molecule has 0 aromatic heterocycles. The third kappa shape index (κ3) is 14.1. The van der Waals surface area contributed by atoms with E-state index in [-0.39, 0.29) is 0 Å². The van der Waals surface area contributed by atoms with Gasteiger partial charge in [0, 0.05) is 14.2 Å². The molecule has 0 radical (unpaired) electrons. The molecule has 8 heteroatoms. The Bertz CT molecular complexity index is 199. The average Bonchev–Trinajstić information content (AvgIpc) is 2.44.